The van der Waals surface area contributed by atoms with Gasteiger partial charge in [-0.2, -0.15) is 5.26 Å². The molecule has 3 rings (SSSR count). The molecule has 0 fully saturated rings. The summed E-state index contributed by atoms with van der Waals surface area (Å²) in [6.45, 7) is 7.75. The van der Waals surface area contributed by atoms with Crippen molar-refractivity contribution in [1.82, 2.24) is 0 Å². The van der Waals surface area contributed by atoms with Gasteiger partial charge in [-0.25, -0.2) is 4.39 Å². The fourth-order valence-electron chi connectivity index (χ4n) is 2.72. The van der Waals surface area contributed by atoms with Gasteiger partial charge in [0.2, 0.25) is 0 Å². The molecule has 0 aromatic heterocycles. The third-order valence-corrected chi connectivity index (χ3v) is 4.60. The molecule has 3 aromatic carbocycles. The molecule has 0 aliphatic rings. The highest BCUT2D eigenvalue weighted by molar-refractivity contribution is 8.03. The molecule has 0 heterocycles. The van der Waals surface area contributed by atoms with Gasteiger partial charge in [-0.1, -0.05) is 56.0 Å². The Labute approximate surface area is 171 Å². The van der Waals surface area contributed by atoms with Crippen molar-refractivity contribution in [2.75, 3.05) is 0 Å². The van der Waals surface area contributed by atoms with E-state index >= 15 is 0 Å². The number of nitriles is 1. The number of thiocyanates is 1. The van der Waals surface area contributed by atoms with Crippen molar-refractivity contribution >= 4 is 11.8 Å². The summed E-state index contributed by atoms with van der Waals surface area (Å²) in [6.07, 6.45) is 0. The lowest BCUT2D eigenvalue weighted by atomic mass is 10.0. The molecule has 0 spiro atoms. The van der Waals surface area contributed by atoms with Crippen LogP contribution in [0.1, 0.15) is 36.1 Å². The molecule has 0 bridgehead atoms. The SMILES string of the molecule is CC.Cc1cc(C)c(C#Cc2ccc(-c3ccc(SC#N)cc3)cc2)c(F)c1. The average Bonchev–Trinajstić information content (AvgIpc) is 2.70. The lowest BCUT2D eigenvalue weighted by molar-refractivity contribution is 0.622. The van der Waals surface area contributed by atoms with Gasteiger partial charge in [-0.05, 0) is 78.2 Å². The quantitative estimate of drug-likeness (QED) is 0.266. The maximum atomic E-state index is 14.1. The molecule has 0 radical (unpaired) electrons. The zero-order valence-electron chi connectivity index (χ0n) is 16.5. The number of nitrogens with zero attached hydrogens (tertiary/aromatic N) is 1. The van der Waals surface area contributed by atoms with Crippen LogP contribution in [0.3, 0.4) is 0 Å². The van der Waals surface area contributed by atoms with Crippen molar-refractivity contribution in [2.45, 2.75) is 32.6 Å². The molecule has 28 heavy (non-hydrogen) atoms. The minimum absolute atomic E-state index is 0.276. The van der Waals surface area contributed by atoms with E-state index in [2.05, 4.69) is 17.2 Å². The van der Waals surface area contributed by atoms with Gasteiger partial charge in [0.15, 0.2) is 0 Å². The van der Waals surface area contributed by atoms with Crippen LogP contribution < -0.4 is 0 Å². The van der Waals surface area contributed by atoms with Crippen LogP contribution in [-0.2, 0) is 0 Å². The highest BCUT2D eigenvalue weighted by Crippen LogP contribution is 2.24. The van der Waals surface area contributed by atoms with Crippen LogP contribution in [0.25, 0.3) is 11.1 Å². The summed E-state index contributed by atoms with van der Waals surface area (Å²) in [7, 11) is 0. The smallest absolute Gasteiger partial charge is 0.139 e. The van der Waals surface area contributed by atoms with Gasteiger partial charge in [-0.15, -0.1) is 0 Å². The van der Waals surface area contributed by atoms with E-state index in [-0.39, 0.29) is 5.82 Å². The van der Waals surface area contributed by atoms with Gasteiger partial charge in [0.25, 0.3) is 0 Å². The average molecular weight is 388 g/mol. The zero-order valence-corrected chi connectivity index (χ0v) is 17.3. The summed E-state index contributed by atoms with van der Waals surface area (Å²) in [5, 5.41) is 10.8. The standard InChI is InChI=1S/C23H16FNS.C2H6/c1-16-13-17(2)22(23(24)14-16)12-5-18-3-6-19(7-4-18)20-8-10-21(11-9-20)26-15-25;1-2/h3-4,6-11,13-14H,1-2H3;1-2H3. The Hall–Kier alpha value is -3.01. The van der Waals surface area contributed by atoms with Crippen molar-refractivity contribution in [2.24, 2.45) is 0 Å². The molecule has 0 unspecified atom stereocenters. The number of thioether (sulfide) groups is 1. The minimum atomic E-state index is -0.276. The molecule has 3 aromatic rings. The third-order valence-electron chi connectivity index (χ3n) is 4.00. The third kappa shape index (κ3) is 5.49. The Morgan fingerprint density at radius 2 is 1.39 bits per heavy atom. The minimum Gasteiger partial charge on any atom is -0.206 e. The molecule has 0 saturated heterocycles. The lowest BCUT2D eigenvalue weighted by Gasteiger charge is -2.03. The second kappa shape index (κ2) is 10.4. The lowest BCUT2D eigenvalue weighted by Crippen LogP contribution is -1.90. The van der Waals surface area contributed by atoms with Crippen molar-refractivity contribution in [3.05, 3.63) is 88.7 Å². The van der Waals surface area contributed by atoms with Crippen LogP contribution in [0.5, 0.6) is 0 Å². The number of aryl methyl sites for hydroxylation is 2. The molecule has 0 N–H and O–H groups in total. The number of rotatable bonds is 2. The largest absolute Gasteiger partial charge is 0.206 e. The summed E-state index contributed by atoms with van der Waals surface area (Å²) < 4.78 is 14.1. The van der Waals surface area contributed by atoms with Crippen LogP contribution in [0.15, 0.2) is 65.6 Å². The van der Waals surface area contributed by atoms with Gasteiger partial charge < -0.3 is 0 Å². The van der Waals surface area contributed by atoms with Crippen molar-refractivity contribution in [1.29, 1.82) is 5.26 Å². The van der Waals surface area contributed by atoms with E-state index in [1.54, 1.807) is 0 Å². The first-order valence-electron chi connectivity index (χ1n) is 9.12. The van der Waals surface area contributed by atoms with Crippen LogP contribution in [0, 0.1) is 42.2 Å². The van der Waals surface area contributed by atoms with Crippen LogP contribution >= 0.6 is 11.8 Å². The van der Waals surface area contributed by atoms with E-state index in [0.29, 0.717) is 5.56 Å². The first kappa shape index (κ1) is 21.3. The Kier molecular flexibility index (Phi) is 7.88. The molecule has 0 atom stereocenters. The molecule has 0 amide bonds. The van der Waals surface area contributed by atoms with E-state index in [9.17, 15) is 4.39 Å². The number of hydrogen-bond acceptors (Lipinski definition) is 2. The number of benzene rings is 3. The summed E-state index contributed by atoms with van der Waals surface area (Å²) in [6, 6.07) is 19.1. The van der Waals surface area contributed by atoms with Gasteiger partial charge in [-0.3, -0.25) is 0 Å². The normalized spacial score (nSPS) is 9.43. The highest BCUT2D eigenvalue weighted by atomic mass is 32.2. The molecule has 0 aliphatic carbocycles. The first-order chi connectivity index (χ1) is 13.6. The fraction of sp³-hybridized carbons (Fsp3) is 0.160. The second-order valence-corrected chi connectivity index (χ2v) is 6.84. The van der Waals surface area contributed by atoms with E-state index in [1.807, 2.05) is 82.3 Å². The van der Waals surface area contributed by atoms with E-state index in [0.717, 1.165) is 44.5 Å². The predicted molar refractivity (Wildman–Crippen MR) is 117 cm³/mol. The van der Waals surface area contributed by atoms with E-state index < -0.39 is 0 Å². The maximum absolute atomic E-state index is 14.1. The molecular weight excluding hydrogens is 365 g/mol. The van der Waals surface area contributed by atoms with E-state index in [4.69, 9.17) is 5.26 Å². The van der Waals surface area contributed by atoms with Crippen LogP contribution in [0.4, 0.5) is 4.39 Å². The van der Waals surface area contributed by atoms with E-state index in [1.165, 1.54) is 6.07 Å². The molecule has 0 aliphatic heterocycles. The number of halogens is 1. The topological polar surface area (TPSA) is 23.8 Å². The molecular formula is C25H22FNS. The highest BCUT2D eigenvalue weighted by Gasteiger charge is 2.04. The van der Waals surface area contributed by atoms with Crippen LogP contribution in [0.2, 0.25) is 0 Å². The fourth-order valence-corrected chi connectivity index (χ4v) is 3.10. The summed E-state index contributed by atoms with van der Waals surface area (Å²) in [4.78, 5) is 0.925. The first-order valence-corrected chi connectivity index (χ1v) is 9.93. The Bertz CT molecular complexity index is 1010. The Morgan fingerprint density at radius 1 is 0.821 bits per heavy atom. The monoisotopic (exact) mass is 387 g/mol. The van der Waals surface area contributed by atoms with Gasteiger partial charge >= 0.3 is 0 Å². The number of hydrogen-bond donors (Lipinski definition) is 0. The predicted octanol–water partition coefficient (Wildman–Crippen LogP) is 7.11. The molecule has 1 nitrogen and oxygen atoms in total. The van der Waals surface area contributed by atoms with Crippen molar-refractivity contribution in [3.8, 4) is 28.4 Å². The van der Waals surface area contributed by atoms with Gasteiger partial charge in [0.1, 0.15) is 11.2 Å². The molecule has 140 valence electrons. The summed E-state index contributed by atoms with van der Waals surface area (Å²) in [5.74, 6) is 5.71. The van der Waals surface area contributed by atoms with Gasteiger partial charge in [0.05, 0.1) is 5.56 Å². The second-order valence-electron chi connectivity index (χ2n) is 5.98. The van der Waals surface area contributed by atoms with Crippen molar-refractivity contribution < 1.29 is 4.39 Å². The summed E-state index contributed by atoms with van der Waals surface area (Å²) >= 11 is 1.15. The molecule has 0 saturated carbocycles. The zero-order chi connectivity index (χ0) is 20.5. The maximum Gasteiger partial charge on any atom is 0.139 e. The van der Waals surface area contributed by atoms with Crippen LogP contribution in [-0.4, -0.2) is 0 Å². The van der Waals surface area contributed by atoms with Gasteiger partial charge in [0, 0.05) is 10.5 Å². The Morgan fingerprint density at radius 3 is 1.93 bits per heavy atom. The molecule has 3 heteroatoms. The van der Waals surface area contributed by atoms with Crippen molar-refractivity contribution in [3.63, 3.8) is 0 Å². The summed E-state index contributed by atoms with van der Waals surface area (Å²) in [5.41, 5.74) is 5.18. The Balaban J connectivity index is 0.00000136.